The number of fused-ring (bicyclic) bond motifs is 6. The summed E-state index contributed by atoms with van der Waals surface area (Å²) in [6.45, 7) is 0. The van der Waals surface area contributed by atoms with E-state index in [-0.39, 0.29) is 0 Å². The van der Waals surface area contributed by atoms with Crippen LogP contribution in [-0.4, -0.2) is 0 Å². The van der Waals surface area contributed by atoms with Crippen molar-refractivity contribution >= 4 is 43.1 Å². The first-order valence-corrected chi connectivity index (χ1v) is 16.2. The van der Waals surface area contributed by atoms with Crippen molar-refractivity contribution in [1.82, 2.24) is 0 Å². The summed E-state index contributed by atoms with van der Waals surface area (Å²) in [5.41, 5.74) is 9.54. The Hall–Kier alpha value is -6.18. The molecule has 1 heteroatoms. The zero-order chi connectivity index (χ0) is 30.9. The predicted molar refractivity (Wildman–Crippen MR) is 198 cm³/mol. The highest BCUT2D eigenvalue weighted by atomic mass is 16.5. The molecule has 0 fully saturated rings. The highest BCUT2D eigenvalue weighted by molar-refractivity contribution is 6.20. The molecule has 0 unspecified atom stereocenters. The minimum Gasteiger partial charge on any atom is -0.456 e. The van der Waals surface area contributed by atoms with Gasteiger partial charge in [0.2, 0.25) is 0 Å². The summed E-state index contributed by atoms with van der Waals surface area (Å²) in [4.78, 5) is 0. The maximum absolute atomic E-state index is 6.67. The Bertz CT molecular complexity index is 2700. The molecule has 218 valence electrons. The van der Waals surface area contributed by atoms with Gasteiger partial charge in [0.25, 0.3) is 0 Å². The zero-order valence-corrected chi connectivity index (χ0v) is 25.6. The Morgan fingerprint density at radius 1 is 0.298 bits per heavy atom. The third-order valence-electron chi connectivity index (χ3n) is 9.79. The van der Waals surface area contributed by atoms with Gasteiger partial charge in [-0.05, 0) is 113 Å². The van der Waals surface area contributed by atoms with Crippen molar-refractivity contribution in [3.8, 4) is 56.0 Å². The van der Waals surface area contributed by atoms with Crippen LogP contribution in [0.5, 0.6) is 11.5 Å². The normalized spacial score (nSPS) is 12.0. The van der Waals surface area contributed by atoms with Crippen molar-refractivity contribution in [2.75, 3.05) is 0 Å². The SMILES string of the molecule is c1ccc(-c2ccc3c(c2)-c2cccc4cc(-c5cccc(-c6c7ccccc7cc7c6ccc6ccccc67)c5)cc(c24)O3)cc1. The molecule has 0 aliphatic carbocycles. The van der Waals surface area contributed by atoms with Crippen molar-refractivity contribution in [3.63, 3.8) is 0 Å². The minimum absolute atomic E-state index is 0.894. The second-order valence-corrected chi connectivity index (χ2v) is 12.5. The van der Waals surface area contributed by atoms with Crippen LogP contribution < -0.4 is 4.74 Å². The molecule has 9 aromatic carbocycles. The lowest BCUT2D eigenvalue weighted by molar-refractivity contribution is 0.487. The van der Waals surface area contributed by atoms with Crippen molar-refractivity contribution < 1.29 is 4.74 Å². The molecule has 47 heavy (non-hydrogen) atoms. The Labute approximate surface area is 272 Å². The van der Waals surface area contributed by atoms with Gasteiger partial charge in [0, 0.05) is 10.9 Å². The summed E-state index contributed by atoms with van der Waals surface area (Å²) in [6.07, 6.45) is 0. The quantitative estimate of drug-likeness (QED) is 0.146. The van der Waals surface area contributed by atoms with E-state index in [1.54, 1.807) is 0 Å². The lowest BCUT2D eigenvalue weighted by Crippen LogP contribution is -1.98. The smallest absolute Gasteiger partial charge is 0.136 e. The van der Waals surface area contributed by atoms with E-state index in [2.05, 4.69) is 170 Å². The van der Waals surface area contributed by atoms with E-state index in [9.17, 15) is 0 Å². The van der Waals surface area contributed by atoms with Gasteiger partial charge in [-0.1, -0.05) is 133 Å². The van der Waals surface area contributed by atoms with Gasteiger partial charge in [0.15, 0.2) is 0 Å². The fourth-order valence-corrected chi connectivity index (χ4v) is 7.60. The second-order valence-electron chi connectivity index (χ2n) is 12.5. The Morgan fingerprint density at radius 2 is 1.02 bits per heavy atom. The van der Waals surface area contributed by atoms with Crippen LogP contribution in [0.4, 0.5) is 0 Å². The van der Waals surface area contributed by atoms with E-state index < -0.39 is 0 Å². The van der Waals surface area contributed by atoms with Gasteiger partial charge >= 0.3 is 0 Å². The molecular formula is C46H28O. The first kappa shape index (κ1) is 26.1. The number of benzene rings is 9. The highest BCUT2D eigenvalue weighted by Crippen LogP contribution is 2.49. The van der Waals surface area contributed by atoms with Crippen molar-refractivity contribution in [3.05, 3.63) is 170 Å². The van der Waals surface area contributed by atoms with Crippen LogP contribution in [0.25, 0.3) is 87.6 Å². The summed E-state index contributed by atoms with van der Waals surface area (Å²) < 4.78 is 6.67. The van der Waals surface area contributed by atoms with Crippen molar-refractivity contribution in [1.29, 1.82) is 0 Å². The standard InChI is InChI=1S/C46H28O/c1-2-10-29(11-3-1)32-21-23-43-42(26-32)39-19-9-16-35-25-36(28-44(47-43)46(35)39)31-14-8-15-34(24-31)45-38-18-7-5-13-33(38)27-41-37-17-6-4-12-30(37)20-22-40(41)45/h1-28H. The molecule has 0 amide bonds. The van der Waals surface area contributed by atoms with Crippen LogP contribution in [0.3, 0.4) is 0 Å². The van der Waals surface area contributed by atoms with E-state index in [0.717, 1.165) is 28.0 Å². The lowest BCUT2D eigenvalue weighted by atomic mass is 9.88. The fourth-order valence-electron chi connectivity index (χ4n) is 7.60. The van der Waals surface area contributed by atoms with E-state index in [4.69, 9.17) is 4.74 Å². The largest absolute Gasteiger partial charge is 0.456 e. The molecule has 0 aromatic heterocycles. The maximum atomic E-state index is 6.67. The van der Waals surface area contributed by atoms with Crippen LogP contribution in [-0.2, 0) is 0 Å². The van der Waals surface area contributed by atoms with Crippen LogP contribution in [0.2, 0.25) is 0 Å². The van der Waals surface area contributed by atoms with Crippen LogP contribution >= 0.6 is 0 Å². The topological polar surface area (TPSA) is 9.23 Å². The monoisotopic (exact) mass is 596 g/mol. The van der Waals surface area contributed by atoms with Crippen molar-refractivity contribution in [2.24, 2.45) is 0 Å². The highest BCUT2D eigenvalue weighted by Gasteiger charge is 2.22. The average molecular weight is 597 g/mol. The summed E-state index contributed by atoms with van der Waals surface area (Å²) >= 11 is 0. The molecule has 1 nitrogen and oxygen atoms in total. The molecule has 1 heterocycles. The molecule has 1 aliphatic heterocycles. The summed E-state index contributed by atoms with van der Waals surface area (Å²) in [7, 11) is 0. The van der Waals surface area contributed by atoms with Gasteiger partial charge in [0.1, 0.15) is 11.5 Å². The fraction of sp³-hybridized carbons (Fsp3) is 0. The molecule has 1 aliphatic rings. The van der Waals surface area contributed by atoms with E-state index in [0.29, 0.717) is 0 Å². The molecule has 0 radical (unpaired) electrons. The van der Waals surface area contributed by atoms with Gasteiger partial charge < -0.3 is 4.74 Å². The van der Waals surface area contributed by atoms with Crippen LogP contribution in [0.1, 0.15) is 0 Å². The number of ether oxygens (including phenoxy) is 1. The van der Waals surface area contributed by atoms with E-state index in [1.165, 1.54) is 71.1 Å². The van der Waals surface area contributed by atoms with E-state index in [1.807, 2.05) is 0 Å². The minimum atomic E-state index is 0.894. The van der Waals surface area contributed by atoms with Gasteiger partial charge in [-0.15, -0.1) is 0 Å². The van der Waals surface area contributed by atoms with E-state index >= 15 is 0 Å². The molecule has 10 rings (SSSR count). The molecule has 0 N–H and O–H groups in total. The van der Waals surface area contributed by atoms with Crippen LogP contribution in [0.15, 0.2) is 170 Å². The average Bonchev–Trinajstić information content (AvgIpc) is 3.14. The number of hydrogen-bond donors (Lipinski definition) is 0. The molecular weight excluding hydrogens is 569 g/mol. The lowest BCUT2D eigenvalue weighted by Gasteiger charge is -2.23. The van der Waals surface area contributed by atoms with Gasteiger partial charge in [-0.25, -0.2) is 0 Å². The number of hydrogen-bond acceptors (Lipinski definition) is 1. The molecule has 9 aromatic rings. The van der Waals surface area contributed by atoms with Crippen LogP contribution in [0, 0.1) is 0 Å². The molecule has 0 saturated heterocycles. The predicted octanol–water partition coefficient (Wildman–Crippen LogP) is 13.1. The first-order valence-electron chi connectivity index (χ1n) is 16.2. The zero-order valence-electron chi connectivity index (χ0n) is 25.6. The Morgan fingerprint density at radius 3 is 1.94 bits per heavy atom. The van der Waals surface area contributed by atoms with Gasteiger partial charge in [-0.2, -0.15) is 0 Å². The molecule has 0 spiro atoms. The number of rotatable bonds is 3. The summed E-state index contributed by atoms with van der Waals surface area (Å²) in [5.74, 6) is 1.80. The summed E-state index contributed by atoms with van der Waals surface area (Å²) in [5, 5.41) is 9.96. The maximum Gasteiger partial charge on any atom is 0.136 e. The summed E-state index contributed by atoms with van der Waals surface area (Å²) in [6, 6.07) is 61.5. The molecule has 0 atom stereocenters. The second kappa shape index (κ2) is 10.2. The van der Waals surface area contributed by atoms with Gasteiger partial charge in [-0.3, -0.25) is 0 Å². The Balaban J connectivity index is 1.14. The molecule has 0 bridgehead atoms. The van der Waals surface area contributed by atoms with Gasteiger partial charge in [0.05, 0.1) is 0 Å². The third-order valence-corrected chi connectivity index (χ3v) is 9.79. The molecule has 0 saturated carbocycles. The third kappa shape index (κ3) is 4.10. The first-order chi connectivity index (χ1) is 23.3. The van der Waals surface area contributed by atoms with Crippen molar-refractivity contribution in [2.45, 2.75) is 0 Å². The Kier molecular flexibility index (Phi) is 5.64.